The number of alkyl halides is 3. The van der Waals surface area contributed by atoms with Crippen LogP contribution in [-0.4, -0.2) is 44.6 Å². The Bertz CT molecular complexity index is 992. The van der Waals surface area contributed by atoms with Crippen LogP contribution in [0.1, 0.15) is 51.2 Å². The molecule has 1 aromatic heterocycles. The van der Waals surface area contributed by atoms with Crippen LogP contribution in [0.15, 0.2) is 48.8 Å². The topological polar surface area (TPSA) is 90.8 Å². The summed E-state index contributed by atoms with van der Waals surface area (Å²) in [4.78, 5) is 41.8. The molecule has 2 aromatic rings. The van der Waals surface area contributed by atoms with Crippen LogP contribution in [0.4, 0.5) is 23.7 Å². The number of halogens is 3. The molecule has 1 saturated heterocycles. The molecule has 0 radical (unpaired) electrons. The van der Waals surface area contributed by atoms with Gasteiger partial charge in [-0.3, -0.25) is 9.78 Å². The second kappa shape index (κ2) is 10.0. The number of carbonyl (C=O) groups is 3. The number of imide groups is 1. The molecular formula is C23H26F3N3O4. The molecule has 33 heavy (non-hydrogen) atoms. The van der Waals surface area contributed by atoms with Crippen LogP contribution in [-0.2, 0) is 16.1 Å². The van der Waals surface area contributed by atoms with Crippen LogP contribution in [0.3, 0.4) is 0 Å². The zero-order valence-electron chi connectivity index (χ0n) is 18.8. The summed E-state index contributed by atoms with van der Waals surface area (Å²) < 4.78 is 31.7. The Labute approximate surface area is 189 Å². The van der Waals surface area contributed by atoms with Crippen molar-refractivity contribution in [2.24, 2.45) is 0 Å². The summed E-state index contributed by atoms with van der Waals surface area (Å²) in [6.07, 6.45) is -0.653. The normalized spacial score (nSPS) is 16.3. The Kier molecular flexibility index (Phi) is 7.84. The van der Waals surface area contributed by atoms with E-state index >= 15 is 0 Å². The fourth-order valence-electron chi connectivity index (χ4n) is 3.19. The highest BCUT2D eigenvalue weighted by molar-refractivity contribution is 6.22. The highest BCUT2D eigenvalue weighted by atomic mass is 19.4. The molecule has 1 N–H and O–H groups in total. The van der Waals surface area contributed by atoms with Crippen molar-refractivity contribution in [3.63, 3.8) is 0 Å². The number of carboxylic acids is 1. The molecule has 10 heteroatoms. The maximum Gasteiger partial charge on any atom is 0.490 e. The average Bonchev–Trinajstić information content (AvgIpc) is 2.93. The minimum absolute atomic E-state index is 0.201. The van der Waals surface area contributed by atoms with Gasteiger partial charge in [-0.15, -0.1) is 0 Å². The van der Waals surface area contributed by atoms with E-state index in [2.05, 4.69) is 18.8 Å². The first kappa shape index (κ1) is 25.8. The van der Waals surface area contributed by atoms with Crippen LogP contribution in [0.5, 0.6) is 0 Å². The SMILES string of the molecule is CCC(C)c1ccc(N2C(=O)N(Cc3ccncc3)C(C)(C)C2=O)cc1.O=C(O)C(F)(F)F. The molecule has 1 fully saturated rings. The van der Waals surface area contributed by atoms with Gasteiger partial charge in [0.25, 0.3) is 5.91 Å². The molecule has 2 heterocycles. The third kappa shape index (κ3) is 5.88. The number of carbonyl (C=O) groups excluding carboxylic acids is 2. The number of nitrogens with zero attached hydrogens (tertiary/aromatic N) is 3. The van der Waals surface area contributed by atoms with Crippen molar-refractivity contribution in [1.82, 2.24) is 9.88 Å². The summed E-state index contributed by atoms with van der Waals surface area (Å²) in [5.74, 6) is -2.51. The van der Waals surface area contributed by atoms with Gasteiger partial charge in [0.1, 0.15) is 5.54 Å². The Morgan fingerprint density at radius 1 is 1.09 bits per heavy atom. The number of aromatic nitrogens is 1. The molecule has 1 aromatic carbocycles. The smallest absolute Gasteiger partial charge is 0.475 e. The lowest BCUT2D eigenvalue weighted by Gasteiger charge is -2.27. The van der Waals surface area contributed by atoms with Gasteiger partial charge in [0.05, 0.1) is 5.69 Å². The molecule has 3 rings (SSSR count). The highest BCUT2D eigenvalue weighted by Crippen LogP contribution is 2.34. The van der Waals surface area contributed by atoms with Crippen molar-refractivity contribution >= 4 is 23.6 Å². The standard InChI is InChI=1S/C21H25N3O2.C2HF3O2/c1-5-15(2)17-6-8-18(9-7-17)24-19(25)21(3,4)23(20(24)26)14-16-10-12-22-13-11-16;3-2(4,5)1(6)7/h6-13,15H,5,14H2,1-4H3;(H,6,7). The van der Waals surface area contributed by atoms with E-state index < -0.39 is 17.7 Å². The van der Waals surface area contributed by atoms with E-state index in [-0.39, 0.29) is 11.9 Å². The van der Waals surface area contributed by atoms with Crippen LogP contribution in [0.2, 0.25) is 0 Å². The van der Waals surface area contributed by atoms with Gasteiger partial charge >= 0.3 is 18.2 Å². The first-order chi connectivity index (χ1) is 15.3. The molecule has 1 atom stereocenters. The lowest BCUT2D eigenvalue weighted by molar-refractivity contribution is -0.192. The zero-order chi connectivity index (χ0) is 25.0. The molecule has 1 unspecified atom stereocenters. The molecule has 0 spiro atoms. The van der Waals surface area contributed by atoms with E-state index in [4.69, 9.17) is 9.90 Å². The van der Waals surface area contributed by atoms with E-state index in [0.717, 1.165) is 12.0 Å². The molecule has 0 aliphatic carbocycles. The summed E-state index contributed by atoms with van der Waals surface area (Å²) >= 11 is 0. The lowest BCUT2D eigenvalue weighted by atomic mass is 9.98. The molecule has 178 valence electrons. The third-order valence-corrected chi connectivity index (χ3v) is 5.49. The minimum atomic E-state index is -5.08. The fourth-order valence-corrected chi connectivity index (χ4v) is 3.19. The maximum absolute atomic E-state index is 13.0. The van der Waals surface area contributed by atoms with Crippen LogP contribution < -0.4 is 4.90 Å². The predicted octanol–water partition coefficient (Wildman–Crippen LogP) is 4.98. The fraction of sp³-hybridized carbons (Fsp3) is 0.391. The van der Waals surface area contributed by atoms with Crippen molar-refractivity contribution in [3.8, 4) is 0 Å². The molecule has 0 saturated carbocycles. The number of benzene rings is 1. The number of amides is 3. The molecule has 1 aliphatic rings. The van der Waals surface area contributed by atoms with Crippen molar-refractivity contribution in [1.29, 1.82) is 0 Å². The quantitative estimate of drug-likeness (QED) is 0.630. The Morgan fingerprint density at radius 3 is 2.06 bits per heavy atom. The van der Waals surface area contributed by atoms with Gasteiger partial charge in [-0.1, -0.05) is 26.0 Å². The number of rotatable bonds is 5. The van der Waals surface area contributed by atoms with Gasteiger partial charge < -0.3 is 10.0 Å². The monoisotopic (exact) mass is 465 g/mol. The van der Waals surface area contributed by atoms with Gasteiger partial charge in [0, 0.05) is 18.9 Å². The van der Waals surface area contributed by atoms with Gasteiger partial charge in [-0.25, -0.2) is 14.5 Å². The van der Waals surface area contributed by atoms with Crippen LogP contribution >= 0.6 is 0 Å². The Hall–Kier alpha value is -3.43. The van der Waals surface area contributed by atoms with E-state index in [9.17, 15) is 22.8 Å². The molecule has 7 nitrogen and oxygen atoms in total. The van der Waals surface area contributed by atoms with E-state index in [1.54, 1.807) is 31.1 Å². The third-order valence-electron chi connectivity index (χ3n) is 5.49. The van der Waals surface area contributed by atoms with Gasteiger partial charge in [0.2, 0.25) is 0 Å². The van der Waals surface area contributed by atoms with Crippen molar-refractivity contribution in [2.75, 3.05) is 4.90 Å². The number of urea groups is 1. The zero-order valence-corrected chi connectivity index (χ0v) is 18.8. The number of pyridine rings is 1. The van der Waals surface area contributed by atoms with Crippen LogP contribution in [0.25, 0.3) is 0 Å². The number of carboxylic acid groups (broad SMARTS) is 1. The first-order valence-corrected chi connectivity index (χ1v) is 10.3. The summed E-state index contributed by atoms with van der Waals surface area (Å²) in [5, 5.41) is 7.12. The summed E-state index contributed by atoms with van der Waals surface area (Å²) in [7, 11) is 0. The van der Waals surface area contributed by atoms with E-state index in [1.807, 2.05) is 36.4 Å². The van der Waals surface area contributed by atoms with Gasteiger partial charge in [-0.05, 0) is 61.6 Å². The Morgan fingerprint density at radius 2 is 1.61 bits per heavy atom. The van der Waals surface area contributed by atoms with E-state index in [1.165, 1.54) is 10.5 Å². The van der Waals surface area contributed by atoms with Crippen molar-refractivity contribution in [2.45, 2.75) is 58.3 Å². The molecule has 0 bridgehead atoms. The minimum Gasteiger partial charge on any atom is -0.475 e. The Balaban J connectivity index is 0.000000479. The highest BCUT2D eigenvalue weighted by Gasteiger charge is 2.51. The molecule has 1 aliphatic heterocycles. The van der Waals surface area contributed by atoms with Crippen molar-refractivity contribution in [3.05, 3.63) is 59.9 Å². The molecular weight excluding hydrogens is 439 g/mol. The number of hydrogen-bond donors (Lipinski definition) is 1. The predicted molar refractivity (Wildman–Crippen MR) is 116 cm³/mol. The number of aliphatic carboxylic acids is 1. The first-order valence-electron chi connectivity index (χ1n) is 10.3. The second-order valence-corrected chi connectivity index (χ2v) is 8.13. The summed E-state index contributed by atoms with van der Waals surface area (Å²) in [6.45, 7) is 8.28. The number of anilines is 1. The van der Waals surface area contributed by atoms with Gasteiger partial charge in [0.15, 0.2) is 0 Å². The summed E-state index contributed by atoms with van der Waals surface area (Å²) in [6, 6.07) is 11.2. The largest absolute Gasteiger partial charge is 0.490 e. The maximum atomic E-state index is 13.0. The van der Waals surface area contributed by atoms with Crippen molar-refractivity contribution < 1.29 is 32.7 Å². The average molecular weight is 465 g/mol. The van der Waals surface area contributed by atoms with E-state index in [0.29, 0.717) is 18.2 Å². The second-order valence-electron chi connectivity index (χ2n) is 8.13. The summed E-state index contributed by atoms with van der Waals surface area (Å²) in [5.41, 5.74) is 1.89. The number of hydrogen-bond acceptors (Lipinski definition) is 4. The van der Waals surface area contributed by atoms with Gasteiger partial charge in [-0.2, -0.15) is 13.2 Å². The lowest BCUT2D eigenvalue weighted by Crippen LogP contribution is -2.43. The molecule has 3 amide bonds. The van der Waals surface area contributed by atoms with Crippen LogP contribution in [0, 0.1) is 0 Å².